The second kappa shape index (κ2) is 9.86. The number of para-hydroxylation sites is 1. The molecular formula is C25H22N4O5. The smallest absolute Gasteiger partial charge is 0.276 e. The second-order valence-corrected chi connectivity index (χ2v) is 7.68. The van der Waals surface area contributed by atoms with E-state index in [1.807, 2.05) is 62.4 Å². The van der Waals surface area contributed by atoms with Crippen molar-refractivity contribution in [3.05, 3.63) is 106 Å². The lowest BCUT2D eigenvalue weighted by Gasteiger charge is -2.10. The molecule has 0 saturated heterocycles. The molecule has 0 aliphatic carbocycles. The van der Waals surface area contributed by atoms with Gasteiger partial charge in [-0.3, -0.25) is 14.9 Å². The van der Waals surface area contributed by atoms with E-state index < -0.39 is 10.8 Å². The van der Waals surface area contributed by atoms with E-state index in [-0.39, 0.29) is 29.5 Å². The maximum absolute atomic E-state index is 12.7. The molecule has 9 nitrogen and oxygen atoms in total. The first-order chi connectivity index (χ1) is 16.4. The van der Waals surface area contributed by atoms with E-state index in [0.717, 1.165) is 11.1 Å². The zero-order chi connectivity index (χ0) is 24.1. The molecule has 0 atom stereocenters. The summed E-state index contributed by atoms with van der Waals surface area (Å²) in [5.41, 5.74) is 2.15. The largest absolute Gasteiger partial charge is 0.471 e. The highest BCUT2D eigenvalue weighted by molar-refractivity contribution is 6.03. The number of carbonyl (C=O) groups is 1. The molecule has 0 radical (unpaired) electrons. The average molecular weight is 458 g/mol. The quantitative estimate of drug-likeness (QED) is 0.276. The molecular weight excluding hydrogens is 436 g/mol. The topological polar surface area (TPSA) is 109 Å². The van der Waals surface area contributed by atoms with Crippen LogP contribution in [0.4, 0.5) is 11.4 Å². The van der Waals surface area contributed by atoms with Gasteiger partial charge >= 0.3 is 0 Å². The zero-order valence-corrected chi connectivity index (χ0v) is 18.6. The normalized spacial score (nSPS) is 10.5. The maximum Gasteiger partial charge on any atom is 0.276 e. The fourth-order valence-electron chi connectivity index (χ4n) is 3.35. The van der Waals surface area contributed by atoms with Crippen LogP contribution in [0.5, 0.6) is 17.2 Å². The van der Waals surface area contributed by atoms with Crippen LogP contribution in [0, 0.1) is 24.0 Å². The average Bonchev–Trinajstić information content (AvgIpc) is 3.27. The third-order valence-corrected chi connectivity index (χ3v) is 4.77. The molecule has 0 bridgehead atoms. The van der Waals surface area contributed by atoms with Crippen LogP contribution in [-0.4, -0.2) is 20.6 Å². The number of aryl methyl sites for hydroxylation is 2. The Balaban J connectivity index is 1.48. The summed E-state index contributed by atoms with van der Waals surface area (Å²) in [6.45, 7) is 3.99. The van der Waals surface area contributed by atoms with E-state index in [1.165, 1.54) is 28.9 Å². The minimum absolute atomic E-state index is 0.127. The molecule has 9 heteroatoms. The Labute approximate surface area is 195 Å². The van der Waals surface area contributed by atoms with E-state index in [0.29, 0.717) is 11.5 Å². The summed E-state index contributed by atoms with van der Waals surface area (Å²) in [4.78, 5) is 23.6. The van der Waals surface area contributed by atoms with Gasteiger partial charge in [-0.05, 0) is 55.3 Å². The lowest BCUT2D eigenvalue weighted by atomic mass is 10.1. The monoisotopic (exact) mass is 458 g/mol. The molecule has 4 aromatic rings. The van der Waals surface area contributed by atoms with Gasteiger partial charge in [0.2, 0.25) is 0 Å². The number of nitrogens with zero attached hydrogens (tertiary/aromatic N) is 3. The molecule has 1 heterocycles. The molecule has 3 aromatic carbocycles. The van der Waals surface area contributed by atoms with Crippen molar-refractivity contribution in [3.8, 4) is 17.2 Å². The number of aromatic nitrogens is 2. The molecule has 34 heavy (non-hydrogen) atoms. The predicted octanol–water partition coefficient (Wildman–Crippen LogP) is 5.49. The molecule has 1 aromatic heterocycles. The first-order valence-electron chi connectivity index (χ1n) is 10.4. The first kappa shape index (κ1) is 22.5. The van der Waals surface area contributed by atoms with Crippen LogP contribution >= 0.6 is 0 Å². The Bertz CT molecular complexity index is 1310. The molecule has 0 spiro atoms. The standard InChI is InChI=1S/C25H22N4O5/c1-17-10-18(2)12-22(11-17)34-23-14-19(13-20(15-23)29(31)32)26-25(30)24-8-9-28(27-24)16-33-21-6-4-3-5-7-21/h3-15H,16H2,1-2H3,(H,26,30). The fraction of sp³-hybridized carbons (Fsp3) is 0.120. The van der Waals surface area contributed by atoms with Crippen molar-refractivity contribution in [2.45, 2.75) is 20.6 Å². The molecule has 1 amide bonds. The third kappa shape index (κ3) is 5.77. The molecule has 172 valence electrons. The lowest BCUT2D eigenvalue weighted by molar-refractivity contribution is -0.384. The Morgan fingerprint density at radius 3 is 2.38 bits per heavy atom. The molecule has 0 aliphatic heterocycles. The van der Waals surface area contributed by atoms with Crippen LogP contribution in [0.15, 0.2) is 79.0 Å². The van der Waals surface area contributed by atoms with Crippen molar-refractivity contribution >= 4 is 17.3 Å². The summed E-state index contributed by atoms with van der Waals surface area (Å²) in [6, 6.07) is 20.5. The zero-order valence-electron chi connectivity index (χ0n) is 18.6. The van der Waals surface area contributed by atoms with Crippen LogP contribution < -0.4 is 14.8 Å². The van der Waals surface area contributed by atoms with Gasteiger partial charge in [0.05, 0.1) is 16.7 Å². The Hall–Kier alpha value is -4.66. The van der Waals surface area contributed by atoms with E-state index in [9.17, 15) is 14.9 Å². The number of anilines is 1. The molecule has 0 fully saturated rings. The summed E-state index contributed by atoms with van der Waals surface area (Å²) in [5, 5.41) is 18.3. The number of nitrogens with one attached hydrogen (secondary N) is 1. The number of benzene rings is 3. The van der Waals surface area contributed by atoms with Crippen molar-refractivity contribution < 1.29 is 19.2 Å². The Kier molecular flexibility index (Phi) is 6.54. The fourth-order valence-corrected chi connectivity index (χ4v) is 3.35. The van der Waals surface area contributed by atoms with Crippen LogP contribution in [-0.2, 0) is 6.73 Å². The number of nitro groups is 1. The predicted molar refractivity (Wildman–Crippen MR) is 126 cm³/mol. The summed E-state index contributed by atoms with van der Waals surface area (Å²) in [5.74, 6) is 0.942. The van der Waals surface area contributed by atoms with Crippen LogP contribution in [0.1, 0.15) is 21.6 Å². The first-order valence-corrected chi connectivity index (χ1v) is 10.4. The number of nitro benzene ring substituents is 1. The molecule has 4 rings (SSSR count). The SMILES string of the molecule is Cc1cc(C)cc(Oc2cc(NC(=O)c3ccn(COc4ccccc4)n3)cc([N+](=O)[O-])c2)c1. The van der Waals surface area contributed by atoms with Gasteiger partial charge in [0.25, 0.3) is 11.6 Å². The highest BCUT2D eigenvalue weighted by atomic mass is 16.6. The van der Waals surface area contributed by atoms with Crippen LogP contribution in [0.25, 0.3) is 0 Å². The second-order valence-electron chi connectivity index (χ2n) is 7.68. The minimum Gasteiger partial charge on any atom is -0.471 e. The van der Waals surface area contributed by atoms with Gasteiger partial charge in [0.1, 0.15) is 17.2 Å². The van der Waals surface area contributed by atoms with E-state index in [4.69, 9.17) is 9.47 Å². The van der Waals surface area contributed by atoms with Gasteiger partial charge in [-0.25, -0.2) is 4.68 Å². The number of rotatable bonds is 8. The summed E-state index contributed by atoms with van der Waals surface area (Å²) in [7, 11) is 0. The number of hydrogen-bond acceptors (Lipinski definition) is 6. The van der Waals surface area contributed by atoms with Gasteiger partial charge in [-0.1, -0.05) is 24.3 Å². The molecule has 1 N–H and O–H groups in total. The Morgan fingerprint density at radius 2 is 1.68 bits per heavy atom. The van der Waals surface area contributed by atoms with Crippen molar-refractivity contribution in [1.82, 2.24) is 9.78 Å². The molecule has 0 unspecified atom stereocenters. The van der Waals surface area contributed by atoms with Gasteiger partial charge in [-0.2, -0.15) is 5.10 Å². The van der Waals surface area contributed by atoms with Crippen LogP contribution in [0.3, 0.4) is 0 Å². The molecule has 0 aliphatic rings. The summed E-state index contributed by atoms with van der Waals surface area (Å²) in [6.07, 6.45) is 1.61. The Morgan fingerprint density at radius 1 is 0.971 bits per heavy atom. The molecule has 0 saturated carbocycles. The maximum atomic E-state index is 12.7. The number of hydrogen-bond donors (Lipinski definition) is 1. The van der Waals surface area contributed by atoms with Crippen LogP contribution in [0.2, 0.25) is 0 Å². The third-order valence-electron chi connectivity index (χ3n) is 4.77. The highest BCUT2D eigenvalue weighted by Crippen LogP contribution is 2.31. The van der Waals surface area contributed by atoms with Gasteiger partial charge in [0, 0.05) is 18.3 Å². The van der Waals surface area contributed by atoms with Gasteiger partial charge in [-0.15, -0.1) is 0 Å². The number of amides is 1. The van der Waals surface area contributed by atoms with Gasteiger partial charge in [0.15, 0.2) is 12.4 Å². The highest BCUT2D eigenvalue weighted by Gasteiger charge is 2.16. The summed E-state index contributed by atoms with van der Waals surface area (Å²) >= 11 is 0. The number of carbonyl (C=O) groups excluding carboxylic acids is 1. The van der Waals surface area contributed by atoms with Crippen molar-refractivity contribution in [2.24, 2.45) is 0 Å². The summed E-state index contributed by atoms with van der Waals surface area (Å²) < 4.78 is 12.9. The van der Waals surface area contributed by atoms with E-state index >= 15 is 0 Å². The van der Waals surface area contributed by atoms with Crippen molar-refractivity contribution in [2.75, 3.05) is 5.32 Å². The van der Waals surface area contributed by atoms with Crippen molar-refractivity contribution in [1.29, 1.82) is 0 Å². The lowest BCUT2D eigenvalue weighted by Crippen LogP contribution is -2.14. The van der Waals surface area contributed by atoms with E-state index in [1.54, 1.807) is 6.20 Å². The van der Waals surface area contributed by atoms with Gasteiger partial charge < -0.3 is 14.8 Å². The number of non-ortho nitro benzene ring substituents is 1. The van der Waals surface area contributed by atoms with E-state index in [2.05, 4.69) is 10.4 Å². The number of ether oxygens (including phenoxy) is 2. The minimum atomic E-state index is -0.542. The van der Waals surface area contributed by atoms with Crippen molar-refractivity contribution in [3.63, 3.8) is 0 Å².